The van der Waals surface area contributed by atoms with Crippen molar-refractivity contribution in [3.05, 3.63) is 64.7 Å². The highest BCUT2D eigenvalue weighted by atomic mass is 35.5. The predicted molar refractivity (Wildman–Crippen MR) is 122 cm³/mol. The number of benzene rings is 2. The minimum absolute atomic E-state index is 0.0833. The summed E-state index contributed by atoms with van der Waals surface area (Å²) in [5.41, 5.74) is 1.04. The lowest BCUT2D eigenvalue weighted by atomic mass is 9.73. The van der Waals surface area contributed by atoms with Crippen LogP contribution in [-0.4, -0.2) is 50.0 Å². The second kappa shape index (κ2) is 10.6. The zero-order valence-electron chi connectivity index (χ0n) is 18.3. The van der Waals surface area contributed by atoms with Gasteiger partial charge in [0.25, 0.3) is 0 Å². The van der Waals surface area contributed by atoms with Crippen molar-refractivity contribution in [1.82, 2.24) is 4.90 Å². The maximum absolute atomic E-state index is 12.3. The molecule has 0 spiro atoms. The first kappa shape index (κ1) is 23.1. The van der Waals surface area contributed by atoms with Gasteiger partial charge in [0.1, 0.15) is 5.75 Å². The van der Waals surface area contributed by atoms with E-state index < -0.39 is 5.60 Å². The van der Waals surface area contributed by atoms with E-state index in [4.69, 9.17) is 21.1 Å². The first-order valence-corrected chi connectivity index (χ1v) is 11.2. The van der Waals surface area contributed by atoms with E-state index in [0.29, 0.717) is 17.4 Å². The Bertz CT molecular complexity index is 772. The smallest absolute Gasteiger partial charge is 0.118 e. The molecule has 2 aromatic carbocycles. The third-order valence-corrected chi connectivity index (χ3v) is 6.34. The first-order chi connectivity index (χ1) is 14.4. The molecule has 30 heavy (non-hydrogen) atoms. The fraction of sp³-hybridized carbons (Fsp3) is 0.520. The standard InChI is InChI=1S/C25H34ClNO3/c1-19(2)12-13-25(28,21-6-10-23(29-3)11-7-21)24(18-27-14-16-30-17-15-27)20-4-8-22(26)9-5-20/h4-11,19,24,28H,12-18H2,1-3H3. The Morgan fingerprint density at radius 2 is 1.70 bits per heavy atom. The summed E-state index contributed by atoms with van der Waals surface area (Å²) in [4.78, 5) is 2.40. The van der Waals surface area contributed by atoms with Gasteiger partial charge in [-0.2, -0.15) is 0 Å². The van der Waals surface area contributed by atoms with E-state index in [1.165, 1.54) is 0 Å². The molecule has 5 heteroatoms. The van der Waals surface area contributed by atoms with E-state index in [1.54, 1.807) is 7.11 Å². The third-order valence-electron chi connectivity index (χ3n) is 6.09. The molecule has 0 bridgehead atoms. The lowest BCUT2D eigenvalue weighted by Gasteiger charge is -2.41. The topological polar surface area (TPSA) is 41.9 Å². The molecule has 1 saturated heterocycles. The Morgan fingerprint density at radius 1 is 1.07 bits per heavy atom. The van der Waals surface area contributed by atoms with E-state index in [1.807, 2.05) is 36.4 Å². The summed E-state index contributed by atoms with van der Waals surface area (Å²) in [6, 6.07) is 15.8. The Balaban J connectivity index is 2.02. The molecular weight excluding hydrogens is 398 g/mol. The van der Waals surface area contributed by atoms with Crippen LogP contribution in [0.15, 0.2) is 48.5 Å². The molecule has 2 atom stereocenters. The van der Waals surface area contributed by atoms with Crippen LogP contribution < -0.4 is 4.74 Å². The van der Waals surface area contributed by atoms with Crippen molar-refractivity contribution < 1.29 is 14.6 Å². The molecule has 1 N–H and O–H groups in total. The second-order valence-electron chi connectivity index (χ2n) is 8.60. The van der Waals surface area contributed by atoms with Gasteiger partial charge >= 0.3 is 0 Å². The highest BCUT2D eigenvalue weighted by molar-refractivity contribution is 6.30. The fourth-order valence-corrected chi connectivity index (χ4v) is 4.30. The molecule has 0 aliphatic carbocycles. The molecule has 1 heterocycles. The lowest BCUT2D eigenvalue weighted by molar-refractivity contribution is -0.0311. The van der Waals surface area contributed by atoms with E-state index in [9.17, 15) is 5.11 Å². The Morgan fingerprint density at radius 3 is 2.27 bits per heavy atom. The minimum atomic E-state index is -0.997. The molecule has 0 aromatic heterocycles. The van der Waals surface area contributed by atoms with Crippen LogP contribution in [0, 0.1) is 5.92 Å². The second-order valence-corrected chi connectivity index (χ2v) is 9.04. The van der Waals surface area contributed by atoms with Gasteiger partial charge in [0.2, 0.25) is 0 Å². The molecule has 3 rings (SSSR count). The van der Waals surface area contributed by atoms with Crippen LogP contribution in [0.1, 0.15) is 43.7 Å². The van der Waals surface area contributed by atoms with Gasteiger partial charge in [-0.3, -0.25) is 4.90 Å². The normalized spacial score (nSPS) is 18.2. The van der Waals surface area contributed by atoms with E-state index in [-0.39, 0.29) is 5.92 Å². The molecule has 1 aliphatic rings. The summed E-state index contributed by atoms with van der Waals surface area (Å²) in [5, 5.41) is 13.0. The van der Waals surface area contributed by atoms with Crippen molar-refractivity contribution in [3.63, 3.8) is 0 Å². The van der Waals surface area contributed by atoms with Crippen LogP contribution in [0.5, 0.6) is 5.75 Å². The van der Waals surface area contributed by atoms with Crippen molar-refractivity contribution in [2.24, 2.45) is 5.92 Å². The molecule has 2 aromatic rings. The van der Waals surface area contributed by atoms with Crippen LogP contribution in [0.4, 0.5) is 0 Å². The number of nitrogens with zero attached hydrogens (tertiary/aromatic N) is 1. The maximum Gasteiger partial charge on any atom is 0.118 e. The number of hydrogen-bond donors (Lipinski definition) is 1. The molecular formula is C25H34ClNO3. The van der Waals surface area contributed by atoms with Crippen molar-refractivity contribution in [2.75, 3.05) is 40.0 Å². The number of methoxy groups -OCH3 is 1. The number of rotatable bonds is 9. The van der Waals surface area contributed by atoms with Gasteiger partial charge in [-0.05, 0) is 54.2 Å². The third kappa shape index (κ3) is 5.76. The summed E-state index contributed by atoms with van der Waals surface area (Å²) < 4.78 is 10.9. The Labute approximate surface area is 185 Å². The zero-order valence-corrected chi connectivity index (χ0v) is 19.1. The highest BCUT2D eigenvalue weighted by Crippen LogP contribution is 2.43. The summed E-state index contributed by atoms with van der Waals surface area (Å²) in [5.74, 6) is 1.21. The van der Waals surface area contributed by atoms with Crippen molar-refractivity contribution in [2.45, 2.75) is 38.2 Å². The molecule has 0 amide bonds. The van der Waals surface area contributed by atoms with Gasteiger partial charge in [0.05, 0.1) is 25.9 Å². The van der Waals surface area contributed by atoms with Gasteiger partial charge in [0, 0.05) is 30.6 Å². The maximum atomic E-state index is 12.3. The summed E-state index contributed by atoms with van der Waals surface area (Å²) in [7, 11) is 1.66. The highest BCUT2D eigenvalue weighted by Gasteiger charge is 2.40. The van der Waals surface area contributed by atoms with Crippen molar-refractivity contribution in [3.8, 4) is 5.75 Å². The Kier molecular flexibility index (Phi) is 8.18. The lowest BCUT2D eigenvalue weighted by Crippen LogP contribution is -2.45. The Hall–Kier alpha value is -1.59. The molecule has 1 aliphatic heterocycles. The van der Waals surface area contributed by atoms with Gasteiger partial charge in [0.15, 0.2) is 0 Å². The average Bonchev–Trinajstić information content (AvgIpc) is 2.77. The quantitative estimate of drug-likeness (QED) is 0.600. The number of morpholine rings is 1. The van der Waals surface area contributed by atoms with Crippen LogP contribution in [0.3, 0.4) is 0 Å². The molecule has 1 fully saturated rings. The van der Waals surface area contributed by atoms with E-state index in [2.05, 4.69) is 30.9 Å². The average molecular weight is 432 g/mol. The SMILES string of the molecule is COc1ccc(C(O)(CCC(C)C)C(CN2CCOCC2)c2ccc(Cl)cc2)cc1. The van der Waals surface area contributed by atoms with E-state index >= 15 is 0 Å². The monoisotopic (exact) mass is 431 g/mol. The summed E-state index contributed by atoms with van der Waals surface area (Å²) >= 11 is 6.17. The van der Waals surface area contributed by atoms with Crippen molar-refractivity contribution >= 4 is 11.6 Å². The van der Waals surface area contributed by atoms with E-state index in [0.717, 1.165) is 56.1 Å². The van der Waals surface area contributed by atoms with Crippen LogP contribution in [0.2, 0.25) is 5.02 Å². The largest absolute Gasteiger partial charge is 0.497 e. The molecule has 0 radical (unpaired) electrons. The minimum Gasteiger partial charge on any atom is -0.497 e. The van der Waals surface area contributed by atoms with Gasteiger partial charge in [-0.1, -0.05) is 49.7 Å². The van der Waals surface area contributed by atoms with Crippen LogP contribution in [0.25, 0.3) is 0 Å². The fourth-order valence-electron chi connectivity index (χ4n) is 4.18. The molecule has 2 unspecified atom stereocenters. The number of ether oxygens (including phenoxy) is 2. The molecule has 0 saturated carbocycles. The van der Waals surface area contributed by atoms with Crippen molar-refractivity contribution in [1.29, 1.82) is 0 Å². The molecule has 4 nitrogen and oxygen atoms in total. The predicted octanol–water partition coefficient (Wildman–Crippen LogP) is 5.09. The van der Waals surface area contributed by atoms with Crippen LogP contribution >= 0.6 is 11.6 Å². The number of halogens is 1. The summed E-state index contributed by atoms with van der Waals surface area (Å²) in [6.45, 7) is 8.41. The first-order valence-electron chi connectivity index (χ1n) is 10.8. The number of hydrogen-bond acceptors (Lipinski definition) is 4. The molecule has 164 valence electrons. The summed E-state index contributed by atoms with van der Waals surface area (Å²) in [6.07, 6.45) is 1.63. The van der Waals surface area contributed by atoms with Crippen LogP contribution in [-0.2, 0) is 10.3 Å². The number of aliphatic hydroxyl groups is 1. The zero-order chi connectivity index (χ0) is 21.6. The van der Waals surface area contributed by atoms with Gasteiger partial charge < -0.3 is 14.6 Å². The van der Waals surface area contributed by atoms with Gasteiger partial charge in [-0.15, -0.1) is 0 Å². The van der Waals surface area contributed by atoms with Gasteiger partial charge in [-0.25, -0.2) is 0 Å².